The smallest absolute Gasteiger partial charge is 0.254 e. The fourth-order valence-corrected chi connectivity index (χ4v) is 3.43. The molecule has 0 aromatic carbocycles. The molecule has 1 unspecified atom stereocenters. The standard InChI is InChI=1S/C23H31N7O3/c1-12(2)30-20(24)18(21(25)31)19(28-30)14-7-8-16(26-11-14)13(3)22(32)27-17-9-15(33-29-17)10-23(4,5)6/h7-9,11-13H,10,24H2,1-6H3,(H2,25,31)(H,27,29,32). The fraction of sp³-hybridized carbons (Fsp3) is 0.435. The third-order valence-corrected chi connectivity index (χ3v) is 5.09. The Kier molecular flexibility index (Phi) is 6.57. The van der Waals surface area contributed by atoms with Gasteiger partial charge >= 0.3 is 0 Å². The van der Waals surface area contributed by atoms with Crippen LogP contribution in [0.4, 0.5) is 11.6 Å². The molecule has 0 aliphatic heterocycles. The van der Waals surface area contributed by atoms with Gasteiger partial charge in [0.25, 0.3) is 5.91 Å². The van der Waals surface area contributed by atoms with Gasteiger partial charge in [0.05, 0.1) is 11.6 Å². The first-order chi connectivity index (χ1) is 15.4. The minimum absolute atomic E-state index is 0.0455. The number of nitrogen functional groups attached to an aromatic ring is 1. The van der Waals surface area contributed by atoms with Crippen molar-refractivity contribution in [2.24, 2.45) is 11.1 Å². The normalized spacial score (nSPS) is 12.7. The Morgan fingerprint density at radius 1 is 1.21 bits per heavy atom. The van der Waals surface area contributed by atoms with Crippen LogP contribution < -0.4 is 16.8 Å². The summed E-state index contributed by atoms with van der Waals surface area (Å²) in [4.78, 5) is 29.1. The predicted molar refractivity (Wildman–Crippen MR) is 125 cm³/mol. The average Bonchev–Trinajstić information content (AvgIpc) is 3.29. The highest BCUT2D eigenvalue weighted by molar-refractivity contribution is 6.03. The summed E-state index contributed by atoms with van der Waals surface area (Å²) in [6.07, 6.45) is 2.26. The number of nitrogens with zero attached hydrogens (tertiary/aromatic N) is 4. The Balaban J connectivity index is 1.77. The maximum Gasteiger partial charge on any atom is 0.254 e. The third kappa shape index (κ3) is 5.39. The summed E-state index contributed by atoms with van der Waals surface area (Å²) >= 11 is 0. The van der Waals surface area contributed by atoms with Gasteiger partial charge in [-0.25, -0.2) is 4.68 Å². The predicted octanol–water partition coefficient (Wildman–Crippen LogP) is 3.53. The van der Waals surface area contributed by atoms with Crippen molar-refractivity contribution >= 4 is 23.5 Å². The first-order valence-electron chi connectivity index (χ1n) is 10.8. The maximum absolute atomic E-state index is 12.7. The Morgan fingerprint density at radius 3 is 2.45 bits per heavy atom. The van der Waals surface area contributed by atoms with E-state index in [0.29, 0.717) is 35.0 Å². The monoisotopic (exact) mass is 453 g/mol. The second kappa shape index (κ2) is 9.05. The van der Waals surface area contributed by atoms with E-state index in [0.717, 1.165) is 0 Å². The Hall–Kier alpha value is -3.69. The summed E-state index contributed by atoms with van der Waals surface area (Å²) in [6.45, 7) is 11.8. The zero-order chi connectivity index (χ0) is 24.5. The summed E-state index contributed by atoms with van der Waals surface area (Å²) in [5, 5.41) is 11.1. The van der Waals surface area contributed by atoms with Crippen LogP contribution in [0.3, 0.4) is 0 Å². The molecule has 0 aliphatic carbocycles. The first-order valence-corrected chi connectivity index (χ1v) is 10.8. The maximum atomic E-state index is 12.7. The number of amides is 2. The number of hydrogen-bond donors (Lipinski definition) is 3. The van der Waals surface area contributed by atoms with Gasteiger partial charge in [-0.15, -0.1) is 0 Å². The molecular weight excluding hydrogens is 422 g/mol. The van der Waals surface area contributed by atoms with E-state index in [2.05, 4.69) is 41.3 Å². The highest BCUT2D eigenvalue weighted by Gasteiger charge is 2.24. The van der Waals surface area contributed by atoms with Crippen molar-refractivity contribution in [3.05, 3.63) is 41.4 Å². The lowest BCUT2D eigenvalue weighted by Gasteiger charge is -2.14. The Bertz CT molecular complexity index is 1150. The van der Waals surface area contributed by atoms with Crippen molar-refractivity contribution in [3.63, 3.8) is 0 Å². The number of hydrogen-bond acceptors (Lipinski definition) is 7. The molecule has 0 saturated heterocycles. The van der Waals surface area contributed by atoms with Crippen molar-refractivity contribution in [2.45, 2.75) is 59.9 Å². The molecule has 33 heavy (non-hydrogen) atoms. The van der Waals surface area contributed by atoms with Gasteiger partial charge in [-0.1, -0.05) is 25.9 Å². The summed E-state index contributed by atoms with van der Waals surface area (Å²) in [6, 6.07) is 5.13. The van der Waals surface area contributed by atoms with Crippen molar-refractivity contribution in [1.29, 1.82) is 0 Å². The summed E-state index contributed by atoms with van der Waals surface area (Å²) in [5.41, 5.74) is 13.3. The molecule has 3 aromatic rings. The van der Waals surface area contributed by atoms with Crippen LogP contribution in [0.1, 0.15) is 75.3 Å². The lowest BCUT2D eigenvalue weighted by Crippen LogP contribution is -2.20. The molecule has 1 atom stereocenters. The zero-order valence-corrected chi connectivity index (χ0v) is 19.8. The van der Waals surface area contributed by atoms with Crippen LogP contribution in [0, 0.1) is 5.41 Å². The molecule has 2 amide bonds. The van der Waals surface area contributed by atoms with E-state index in [9.17, 15) is 9.59 Å². The number of nitrogens with two attached hydrogens (primary N) is 2. The van der Waals surface area contributed by atoms with Gasteiger partial charge in [0, 0.05) is 30.3 Å². The van der Waals surface area contributed by atoms with Crippen LogP contribution in [0.15, 0.2) is 28.9 Å². The molecule has 0 radical (unpaired) electrons. The number of carbonyl (C=O) groups is 2. The number of nitrogens with one attached hydrogen (secondary N) is 1. The second-order valence-electron chi connectivity index (χ2n) is 9.61. The van der Waals surface area contributed by atoms with Crippen molar-refractivity contribution in [1.82, 2.24) is 19.9 Å². The molecule has 0 bridgehead atoms. The second-order valence-corrected chi connectivity index (χ2v) is 9.61. The van der Waals surface area contributed by atoms with E-state index in [1.807, 2.05) is 13.8 Å². The molecular formula is C23H31N7O3. The molecule has 3 rings (SSSR count). The first kappa shape index (κ1) is 24.0. The van der Waals surface area contributed by atoms with E-state index in [4.69, 9.17) is 16.0 Å². The van der Waals surface area contributed by atoms with Crippen LogP contribution in [-0.4, -0.2) is 31.7 Å². The molecule has 10 heteroatoms. The number of primary amides is 1. The van der Waals surface area contributed by atoms with Gasteiger partial charge in [-0.3, -0.25) is 14.6 Å². The van der Waals surface area contributed by atoms with Crippen LogP contribution in [0.5, 0.6) is 0 Å². The largest absolute Gasteiger partial charge is 0.383 e. The summed E-state index contributed by atoms with van der Waals surface area (Å²) in [5.74, 6) is -0.193. The van der Waals surface area contributed by atoms with Crippen LogP contribution in [-0.2, 0) is 11.2 Å². The van der Waals surface area contributed by atoms with Crippen molar-refractivity contribution in [2.75, 3.05) is 11.1 Å². The molecule has 176 valence electrons. The quantitative estimate of drug-likeness (QED) is 0.494. The van der Waals surface area contributed by atoms with Gasteiger partial charge in [0.2, 0.25) is 5.91 Å². The van der Waals surface area contributed by atoms with Crippen LogP contribution in [0.2, 0.25) is 0 Å². The van der Waals surface area contributed by atoms with Gasteiger partial charge in [-0.2, -0.15) is 5.10 Å². The van der Waals surface area contributed by atoms with E-state index < -0.39 is 11.8 Å². The zero-order valence-electron chi connectivity index (χ0n) is 19.8. The highest BCUT2D eigenvalue weighted by Crippen LogP contribution is 2.29. The molecule has 0 fully saturated rings. The van der Waals surface area contributed by atoms with E-state index >= 15 is 0 Å². The highest BCUT2D eigenvalue weighted by atomic mass is 16.5. The van der Waals surface area contributed by atoms with Crippen LogP contribution >= 0.6 is 0 Å². The molecule has 10 nitrogen and oxygen atoms in total. The SMILES string of the molecule is CC(C(=O)Nc1cc(CC(C)(C)C)on1)c1ccc(-c2nn(C(C)C)c(N)c2C(N)=O)cn1. The van der Waals surface area contributed by atoms with E-state index in [-0.39, 0.29) is 28.7 Å². The van der Waals surface area contributed by atoms with Crippen molar-refractivity contribution < 1.29 is 14.1 Å². The van der Waals surface area contributed by atoms with Crippen molar-refractivity contribution in [3.8, 4) is 11.3 Å². The molecule has 3 heterocycles. The Morgan fingerprint density at radius 2 is 1.91 bits per heavy atom. The van der Waals surface area contributed by atoms with Gasteiger partial charge in [0.15, 0.2) is 5.82 Å². The van der Waals surface area contributed by atoms with Gasteiger partial charge in [-0.05, 0) is 38.3 Å². The summed E-state index contributed by atoms with van der Waals surface area (Å²) < 4.78 is 6.86. The number of aromatic nitrogens is 4. The number of rotatable bonds is 7. The van der Waals surface area contributed by atoms with E-state index in [1.165, 1.54) is 0 Å². The van der Waals surface area contributed by atoms with Gasteiger partial charge < -0.3 is 21.3 Å². The minimum atomic E-state index is -0.662. The van der Waals surface area contributed by atoms with Crippen LogP contribution in [0.25, 0.3) is 11.3 Å². The minimum Gasteiger partial charge on any atom is -0.383 e. The number of pyridine rings is 1. The van der Waals surface area contributed by atoms with Gasteiger partial charge in [0.1, 0.15) is 22.8 Å². The lowest BCUT2D eigenvalue weighted by atomic mass is 9.91. The average molecular weight is 454 g/mol. The Labute approximate surface area is 192 Å². The number of carbonyl (C=O) groups excluding carboxylic acids is 2. The number of anilines is 2. The molecule has 0 aliphatic rings. The topological polar surface area (TPSA) is 155 Å². The molecule has 5 N–H and O–H groups in total. The molecule has 0 saturated carbocycles. The summed E-state index contributed by atoms with van der Waals surface area (Å²) in [7, 11) is 0. The molecule has 3 aromatic heterocycles. The van der Waals surface area contributed by atoms with E-state index in [1.54, 1.807) is 36.0 Å². The lowest BCUT2D eigenvalue weighted by molar-refractivity contribution is -0.117. The fourth-order valence-electron chi connectivity index (χ4n) is 3.43. The molecule has 0 spiro atoms. The third-order valence-electron chi connectivity index (χ3n) is 5.09.